The Balaban J connectivity index is 2.06. The average molecular weight is 367 g/mol. The van der Waals surface area contributed by atoms with Crippen LogP contribution in [0.3, 0.4) is 0 Å². The molecule has 2 N–H and O–H groups in total. The smallest absolute Gasteiger partial charge is 0.244 e. The lowest BCUT2D eigenvalue weighted by Gasteiger charge is -2.14. The van der Waals surface area contributed by atoms with E-state index in [1.54, 1.807) is 7.05 Å². The summed E-state index contributed by atoms with van der Waals surface area (Å²) in [6, 6.07) is 1.53. The van der Waals surface area contributed by atoms with Crippen LogP contribution in [0.15, 0.2) is 20.0 Å². The van der Waals surface area contributed by atoms with Gasteiger partial charge in [0.1, 0.15) is 10.7 Å². The maximum atomic E-state index is 12.3. The Kier molecular flexibility index (Phi) is 5.25. The number of rotatable bonds is 6. The van der Waals surface area contributed by atoms with E-state index in [0.717, 1.165) is 6.42 Å². The summed E-state index contributed by atoms with van der Waals surface area (Å²) in [5, 5.41) is 2.91. The molecule has 2 atom stereocenters. The summed E-state index contributed by atoms with van der Waals surface area (Å²) in [5.74, 6) is 0.782. The molecule has 1 saturated heterocycles. The van der Waals surface area contributed by atoms with Crippen LogP contribution in [0, 0.1) is 5.92 Å². The van der Waals surface area contributed by atoms with E-state index in [1.807, 2.05) is 6.92 Å². The van der Waals surface area contributed by atoms with Crippen molar-refractivity contribution < 1.29 is 17.6 Å². The van der Waals surface area contributed by atoms with Crippen molar-refractivity contribution in [2.75, 3.05) is 20.2 Å². The summed E-state index contributed by atoms with van der Waals surface area (Å²) in [7, 11) is -1.81. The van der Waals surface area contributed by atoms with E-state index in [4.69, 9.17) is 9.15 Å². The Bertz CT molecular complexity index is 558. The fourth-order valence-corrected chi connectivity index (χ4v) is 4.27. The van der Waals surface area contributed by atoms with Crippen molar-refractivity contribution in [3.05, 3.63) is 16.5 Å². The van der Waals surface area contributed by atoms with Crippen LogP contribution in [0.2, 0.25) is 0 Å². The molecule has 0 aliphatic carbocycles. The van der Waals surface area contributed by atoms with Crippen LogP contribution < -0.4 is 10.0 Å². The van der Waals surface area contributed by atoms with E-state index in [0.29, 0.717) is 25.5 Å². The van der Waals surface area contributed by atoms with Gasteiger partial charge in [0, 0.05) is 25.1 Å². The van der Waals surface area contributed by atoms with Crippen molar-refractivity contribution in [1.29, 1.82) is 0 Å². The fraction of sp³-hybridized carbons (Fsp3) is 0.667. The molecule has 1 aromatic heterocycles. The van der Waals surface area contributed by atoms with Gasteiger partial charge in [0.25, 0.3) is 0 Å². The molecular weight excluding hydrogens is 348 g/mol. The molecule has 0 aromatic carbocycles. The highest BCUT2D eigenvalue weighted by atomic mass is 79.9. The topological polar surface area (TPSA) is 80.6 Å². The molecule has 2 heterocycles. The van der Waals surface area contributed by atoms with Crippen molar-refractivity contribution in [3.63, 3.8) is 0 Å². The Morgan fingerprint density at radius 3 is 2.85 bits per heavy atom. The van der Waals surface area contributed by atoms with E-state index in [9.17, 15) is 8.42 Å². The van der Waals surface area contributed by atoms with Gasteiger partial charge in [-0.1, -0.05) is 0 Å². The number of furan rings is 1. The van der Waals surface area contributed by atoms with Gasteiger partial charge in [0.15, 0.2) is 4.67 Å². The second kappa shape index (κ2) is 6.57. The fourth-order valence-electron chi connectivity index (χ4n) is 2.18. The van der Waals surface area contributed by atoms with Gasteiger partial charge in [-0.3, -0.25) is 0 Å². The van der Waals surface area contributed by atoms with E-state index in [2.05, 4.69) is 26.0 Å². The number of sulfonamides is 1. The lowest BCUT2D eigenvalue weighted by Crippen LogP contribution is -2.32. The third-order valence-corrected chi connectivity index (χ3v) is 5.70. The van der Waals surface area contributed by atoms with E-state index < -0.39 is 10.0 Å². The van der Waals surface area contributed by atoms with Crippen molar-refractivity contribution >= 4 is 26.0 Å². The molecule has 20 heavy (non-hydrogen) atoms. The Morgan fingerprint density at radius 2 is 2.25 bits per heavy atom. The van der Waals surface area contributed by atoms with Gasteiger partial charge < -0.3 is 14.5 Å². The summed E-state index contributed by atoms with van der Waals surface area (Å²) in [6.07, 6.45) is 0.965. The van der Waals surface area contributed by atoms with Crippen molar-refractivity contribution in [3.8, 4) is 0 Å². The zero-order valence-electron chi connectivity index (χ0n) is 11.5. The molecular formula is C12H19BrN2O4S. The van der Waals surface area contributed by atoms with Gasteiger partial charge >= 0.3 is 0 Å². The number of hydrogen-bond acceptors (Lipinski definition) is 5. The quantitative estimate of drug-likeness (QED) is 0.796. The molecule has 0 amide bonds. The lowest BCUT2D eigenvalue weighted by atomic mass is 10.0. The number of halogens is 1. The Labute approximate surface area is 127 Å². The molecule has 2 rings (SSSR count). The minimum Gasteiger partial charge on any atom is -0.452 e. The molecule has 0 radical (unpaired) electrons. The van der Waals surface area contributed by atoms with Crippen molar-refractivity contribution in [2.45, 2.75) is 30.9 Å². The lowest BCUT2D eigenvalue weighted by molar-refractivity contribution is 0.107. The second-order valence-corrected chi connectivity index (χ2v) is 7.31. The predicted octanol–water partition coefficient (Wildman–Crippen LogP) is 1.46. The molecule has 0 spiro atoms. The summed E-state index contributed by atoms with van der Waals surface area (Å²) in [5.41, 5.74) is 0. The third-order valence-electron chi connectivity index (χ3n) is 3.42. The molecule has 0 bridgehead atoms. The van der Waals surface area contributed by atoms with E-state index in [1.165, 1.54) is 6.07 Å². The van der Waals surface area contributed by atoms with Crippen LogP contribution in [0.25, 0.3) is 0 Å². The zero-order chi connectivity index (χ0) is 14.8. The maximum Gasteiger partial charge on any atom is 0.244 e. The van der Waals surface area contributed by atoms with Crippen LogP contribution in [-0.2, 0) is 21.3 Å². The predicted molar refractivity (Wildman–Crippen MR) is 77.9 cm³/mol. The van der Waals surface area contributed by atoms with E-state index >= 15 is 0 Å². The highest BCUT2D eigenvalue weighted by molar-refractivity contribution is 9.10. The number of hydrogen-bond donors (Lipinski definition) is 2. The molecule has 0 saturated carbocycles. The zero-order valence-corrected chi connectivity index (χ0v) is 13.9. The minimum absolute atomic E-state index is 0.0883. The first-order valence-corrected chi connectivity index (χ1v) is 8.75. The molecule has 8 heteroatoms. The second-order valence-electron chi connectivity index (χ2n) is 4.86. The van der Waals surface area contributed by atoms with Gasteiger partial charge in [0.05, 0.1) is 12.6 Å². The number of ether oxygens (including phenoxy) is 1. The molecule has 2 unspecified atom stereocenters. The third kappa shape index (κ3) is 3.62. The van der Waals surface area contributed by atoms with Crippen molar-refractivity contribution in [2.24, 2.45) is 5.92 Å². The first-order chi connectivity index (χ1) is 9.44. The van der Waals surface area contributed by atoms with Crippen LogP contribution in [-0.4, -0.2) is 34.7 Å². The molecule has 6 nitrogen and oxygen atoms in total. The van der Waals surface area contributed by atoms with Crippen molar-refractivity contribution in [1.82, 2.24) is 10.0 Å². The summed E-state index contributed by atoms with van der Waals surface area (Å²) >= 11 is 3.15. The first kappa shape index (κ1) is 16.0. The van der Waals surface area contributed by atoms with Crippen LogP contribution in [0.4, 0.5) is 0 Å². The standard InChI is InChI=1S/C12H19BrN2O4S/c1-8-9(3-4-18-8)6-15-20(16,17)11-5-10(7-14-2)19-12(11)13/h5,8-9,14-15H,3-4,6-7H2,1-2H3. The van der Waals surface area contributed by atoms with Gasteiger partial charge in [-0.25, -0.2) is 13.1 Å². The van der Waals surface area contributed by atoms with Crippen LogP contribution in [0.1, 0.15) is 19.1 Å². The van der Waals surface area contributed by atoms with E-state index in [-0.39, 0.29) is 21.6 Å². The molecule has 1 aliphatic rings. The summed E-state index contributed by atoms with van der Waals surface area (Å²) in [4.78, 5) is 0.134. The summed E-state index contributed by atoms with van der Waals surface area (Å²) in [6.45, 7) is 3.50. The maximum absolute atomic E-state index is 12.3. The molecule has 1 aliphatic heterocycles. The van der Waals surface area contributed by atoms with Gasteiger partial charge in [0.2, 0.25) is 10.0 Å². The monoisotopic (exact) mass is 366 g/mol. The first-order valence-electron chi connectivity index (χ1n) is 6.48. The molecule has 1 aromatic rings. The normalized spacial score (nSPS) is 23.4. The highest BCUT2D eigenvalue weighted by Gasteiger charge is 2.28. The minimum atomic E-state index is -3.57. The van der Waals surface area contributed by atoms with Crippen LogP contribution >= 0.6 is 15.9 Å². The van der Waals surface area contributed by atoms with Gasteiger partial charge in [-0.05, 0) is 36.3 Å². The molecule has 1 fully saturated rings. The Morgan fingerprint density at radius 1 is 1.50 bits per heavy atom. The highest BCUT2D eigenvalue weighted by Crippen LogP contribution is 2.27. The van der Waals surface area contributed by atoms with Crippen LogP contribution in [0.5, 0.6) is 0 Å². The summed E-state index contributed by atoms with van der Waals surface area (Å²) < 4.78 is 38.2. The number of nitrogens with one attached hydrogen (secondary N) is 2. The van der Waals surface area contributed by atoms with Gasteiger partial charge in [-0.15, -0.1) is 0 Å². The largest absolute Gasteiger partial charge is 0.452 e. The molecule has 114 valence electrons. The Hall–Kier alpha value is -0.410. The van der Waals surface area contributed by atoms with Gasteiger partial charge in [-0.2, -0.15) is 0 Å². The SMILES string of the molecule is CNCc1cc(S(=O)(=O)NCC2CCOC2C)c(Br)o1. The average Bonchev–Trinajstić information content (AvgIpc) is 2.94.